The Labute approximate surface area is 116 Å². The van der Waals surface area contributed by atoms with Crippen molar-refractivity contribution in [2.24, 2.45) is 11.8 Å². The van der Waals surface area contributed by atoms with Crippen LogP contribution < -0.4 is 0 Å². The minimum absolute atomic E-state index is 0.182. The van der Waals surface area contributed by atoms with E-state index in [1.807, 2.05) is 0 Å². The molecule has 1 aliphatic heterocycles. The third kappa shape index (κ3) is 3.48. The Kier molecular flexibility index (Phi) is 5.22. The molecule has 0 spiro atoms. The van der Waals surface area contributed by atoms with Gasteiger partial charge in [-0.25, -0.2) is 0 Å². The summed E-state index contributed by atoms with van der Waals surface area (Å²) >= 11 is 0. The zero-order valence-electron chi connectivity index (χ0n) is 12.2. The third-order valence-electron chi connectivity index (χ3n) is 5.03. The first-order chi connectivity index (χ1) is 9.15. The molecular formula is C15H27NO3. The van der Waals surface area contributed by atoms with E-state index >= 15 is 0 Å². The minimum Gasteiger partial charge on any atom is -0.481 e. The molecule has 4 heteroatoms. The second-order valence-electron chi connectivity index (χ2n) is 6.09. The van der Waals surface area contributed by atoms with Crippen LogP contribution >= 0.6 is 0 Å². The van der Waals surface area contributed by atoms with Crippen molar-refractivity contribution in [3.63, 3.8) is 0 Å². The molecule has 0 aromatic heterocycles. The number of rotatable bonds is 4. The predicted molar refractivity (Wildman–Crippen MR) is 74.1 cm³/mol. The number of hydrogen-bond acceptors (Lipinski definition) is 3. The molecule has 110 valence electrons. The first-order valence-corrected chi connectivity index (χ1v) is 7.65. The molecule has 19 heavy (non-hydrogen) atoms. The van der Waals surface area contributed by atoms with Gasteiger partial charge in [-0.05, 0) is 44.6 Å². The van der Waals surface area contributed by atoms with E-state index in [4.69, 9.17) is 4.74 Å². The van der Waals surface area contributed by atoms with Crippen LogP contribution in [0.25, 0.3) is 0 Å². The molecule has 4 unspecified atom stereocenters. The van der Waals surface area contributed by atoms with Crippen molar-refractivity contribution >= 4 is 5.97 Å². The Bertz CT molecular complexity index is 308. The molecule has 0 amide bonds. The van der Waals surface area contributed by atoms with Crippen LogP contribution in [0.4, 0.5) is 0 Å². The molecule has 0 aromatic rings. The molecule has 0 radical (unpaired) electrons. The summed E-state index contributed by atoms with van der Waals surface area (Å²) in [6.07, 6.45) is 6.64. The lowest BCUT2D eigenvalue weighted by Gasteiger charge is -2.44. The average molecular weight is 269 g/mol. The summed E-state index contributed by atoms with van der Waals surface area (Å²) in [6, 6.07) is 0.217. The number of aliphatic carboxylic acids is 1. The molecule has 1 saturated carbocycles. The fourth-order valence-corrected chi connectivity index (χ4v) is 3.75. The van der Waals surface area contributed by atoms with Crippen LogP contribution in [0.1, 0.15) is 45.4 Å². The number of nitrogens with zero attached hydrogens (tertiary/aromatic N) is 1. The number of piperidine rings is 1. The second-order valence-corrected chi connectivity index (χ2v) is 6.09. The highest BCUT2D eigenvalue weighted by atomic mass is 16.5. The smallest absolute Gasteiger partial charge is 0.308 e. The number of carboxylic acid groups (broad SMARTS) is 1. The summed E-state index contributed by atoms with van der Waals surface area (Å²) in [5, 5.41) is 9.46. The Balaban J connectivity index is 2.05. The van der Waals surface area contributed by atoms with Gasteiger partial charge in [0.2, 0.25) is 0 Å². The summed E-state index contributed by atoms with van der Waals surface area (Å²) in [7, 11) is 1.76. The van der Waals surface area contributed by atoms with Crippen molar-refractivity contribution < 1.29 is 14.6 Å². The van der Waals surface area contributed by atoms with Crippen molar-refractivity contribution in [3.05, 3.63) is 0 Å². The standard InChI is InChI=1S/C15H27NO3/c1-3-11-6-7-13(15(17)18)14(9-11)16-8-4-5-12(10-16)19-2/h11-14H,3-10H2,1-2H3,(H,17,18). The molecule has 2 rings (SSSR count). The minimum atomic E-state index is -0.612. The second kappa shape index (κ2) is 6.71. The van der Waals surface area contributed by atoms with Crippen LogP contribution in [0.2, 0.25) is 0 Å². The van der Waals surface area contributed by atoms with Crippen LogP contribution in [0.15, 0.2) is 0 Å². The number of ether oxygens (including phenoxy) is 1. The van der Waals surface area contributed by atoms with Crippen molar-refractivity contribution in [2.45, 2.75) is 57.6 Å². The highest BCUT2D eigenvalue weighted by Gasteiger charge is 2.39. The van der Waals surface area contributed by atoms with Crippen LogP contribution in [0.5, 0.6) is 0 Å². The van der Waals surface area contributed by atoms with Gasteiger partial charge < -0.3 is 9.84 Å². The Hall–Kier alpha value is -0.610. The van der Waals surface area contributed by atoms with Gasteiger partial charge in [-0.3, -0.25) is 9.69 Å². The molecule has 2 fully saturated rings. The van der Waals surface area contributed by atoms with Gasteiger partial charge in [0.25, 0.3) is 0 Å². The van der Waals surface area contributed by atoms with E-state index in [0.717, 1.165) is 45.2 Å². The van der Waals surface area contributed by atoms with Gasteiger partial charge in [0, 0.05) is 19.7 Å². The van der Waals surface area contributed by atoms with E-state index in [0.29, 0.717) is 5.92 Å². The number of hydrogen-bond donors (Lipinski definition) is 1. The lowest BCUT2D eigenvalue weighted by atomic mass is 9.76. The van der Waals surface area contributed by atoms with E-state index in [-0.39, 0.29) is 18.1 Å². The van der Waals surface area contributed by atoms with E-state index in [1.165, 1.54) is 6.42 Å². The molecule has 4 nitrogen and oxygen atoms in total. The Morgan fingerprint density at radius 1 is 1.37 bits per heavy atom. The summed E-state index contributed by atoms with van der Waals surface area (Å²) in [5.74, 6) is -0.0963. The van der Waals surface area contributed by atoms with Gasteiger partial charge >= 0.3 is 5.97 Å². The molecular weight excluding hydrogens is 242 g/mol. The molecule has 1 heterocycles. The van der Waals surface area contributed by atoms with Gasteiger partial charge in [-0.2, -0.15) is 0 Å². The van der Waals surface area contributed by atoms with Crippen molar-refractivity contribution in [1.82, 2.24) is 4.90 Å². The van der Waals surface area contributed by atoms with E-state index in [1.54, 1.807) is 7.11 Å². The molecule has 0 bridgehead atoms. The lowest BCUT2D eigenvalue weighted by molar-refractivity contribution is -0.147. The van der Waals surface area contributed by atoms with Gasteiger partial charge in [0.05, 0.1) is 12.0 Å². The first kappa shape index (κ1) is 14.8. The van der Waals surface area contributed by atoms with Crippen molar-refractivity contribution in [1.29, 1.82) is 0 Å². The quantitative estimate of drug-likeness (QED) is 0.851. The third-order valence-corrected chi connectivity index (χ3v) is 5.03. The summed E-state index contributed by atoms with van der Waals surface area (Å²) in [4.78, 5) is 13.9. The van der Waals surface area contributed by atoms with E-state index in [9.17, 15) is 9.90 Å². The van der Waals surface area contributed by atoms with Crippen LogP contribution in [-0.2, 0) is 9.53 Å². The summed E-state index contributed by atoms with van der Waals surface area (Å²) < 4.78 is 5.47. The molecule has 0 aromatic carbocycles. The van der Waals surface area contributed by atoms with Crippen LogP contribution in [0.3, 0.4) is 0 Å². The number of methoxy groups -OCH3 is 1. The largest absolute Gasteiger partial charge is 0.481 e. The fourth-order valence-electron chi connectivity index (χ4n) is 3.75. The van der Waals surface area contributed by atoms with Crippen LogP contribution in [0, 0.1) is 11.8 Å². The first-order valence-electron chi connectivity index (χ1n) is 7.65. The molecule has 1 saturated heterocycles. The maximum atomic E-state index is 11.5. The van der Waals surface area contributed by atoms with Crippen LogP contribution in [-0.4, -0.2) is 48.3 Å². The van der Waals surface area contributed by atoms with Gasteiger partial charge in [-0.15, -0.1) is 0 Å². The number of likely N-dealkylation sites (tertiary alicyclic amines) is 1. The van der Waals surface area contributed by atoms with Crippen molar-refractivity contribution in [3.8, 4) is 0 Å². The molecule has 1 N–H and O–H groups in total. The normalized spacial score (nSPS) is 37.2. The summed E-state index contributed by atoms with van der Waals surface area (Å²) in [6.45, 7) is 4.16. The van der Waals surface area contributed by atoms with Gasteiger partial charge in [0.1, 0.15) is 0 Å². The topological polar surface area (TPSA) is 49.8 Å². The van der Waals surface area contributed by atoms with Gasteiger partial charge in [-0.1, -0.05) is 13.3 Å². The highest BCUT2D eigenvalue weighted by Crippen LogP contribution is 2.35. The van der Waals surface area contributed by atoms with E-state index < -0.39 is 5.97 Å². The predicted octanol–water partition coefficient (Wildman–Crippen LogP) is 2.38. The number of carboxylic acids is 1. The maximum Gasteiger partial charge on any atom is 0.308 e. The summed E-state index contributed by atoms with van der Waals surface area (Å²) in [5.41, 5.74) is 0. The maximum absolute atomic E-state index is 11.5. The zero-order chi connectivity index (χ0) is 13.8. The number of carbonyl (C=O) groups is 1. The SMILES string of the molecule is CCC1CCC(C(=O)O)C(N2CCCC(OC)C2)C1. The van der Waals surface area contributed by atoms with E-state index in [2.05, 4.69) is 11.8 Å². The zero-order valence-corrected chi connectivity index (χ0v) is 12.2. The average Bonchev–Trinajstić information content (AvgIpc) is 2.46. The van der Waals surface area contributed by atoms with Crippen molar-refractivity contribution in [2.75, 3.05) is 20.2 Å². The Morgan fingerprint density at radius 2 is 2.16 bits per heavy atom. The molecule has 2 aliphatic rings. The highest BCUT2D eigenvalue weighted by molar-refractivity contribution is 5.71. The lowest BCUT2D eigenvalue weighted by Crippen LogP contribution is -2.52. The molecule has 1 aliphatic carbocycles. The van der Waals surface area contributed by atoms with Gasteiger partial charge in [0.15, 0.2) is 0 Å². The fraction of sp³-hybridized carbons (Fsp3) is 0.933. The monoisotopic (exact) mass is 269 g/mol. The molecule has 4 atom stereocenters. The Morgan fingerprint density at radius 3 is 2.79 bits per heavy atom.